The van der Waals surface area contributed by atoms with Crippen LogP contribution >= 0.6 is 0 Å². The van der Waals surface area contributed by atoms with Gasteiger partial charge in [-0.15, -0.1) is 0 Å². The Morgan fingerprint density at radius 1 is 0.810 bits per heavy atom. The molecule has 0 spiro atoms. The molecule has 0 saturated carbocycles. The largest absolute Gasteiger partial charge is 0.508 e. The lowest BCUT2D eigenvalue weighted by atomic mass is 9.94. The van der Waals surface area contributed by atoms with Crippen molar-refractivity contribution in [1.29, 1.82) is 0 Å². The number of aliphatic hydroxyl groups excluding tert-OH is 2. The number of phenols is 3. The minimum absolute atomic E-state index is 0.00800. The van der Waals surface area contributed by atoms with E-state index in [1.54, 1.807) is 12.1 Å². The maximum absolute atomic E-state index is 10.1. The van der Waals surface area contributed by atoms with Gasteiger partial charge in [0.2, 0.25) is 0 Å². The maximum atomic E-state index is 10.1. The van der Waals surface area contributed by atoms with Crippen LogP contribution in [-0.4, -0.2) is 38.7 Å². The highest BCUT2D eigenvalue weighted by Gasteiger charge is 2.15. The van der Waals surface area contributed by atoms with E-state index in [9.17, 15) is 15.3 Å². The van der Waals surface area contributed by atoms with E-state index in [1.807, 2.05) is 0 Å². The second-order valence-electron chi connectivity index (χ2n) is 4.80. The molecule has 5 nitrogen and oxygen atoms in total. The molecular formula is C16H18O5. The topological polar surface area (TPSA) is 101 Å². The van der Waals surface area contributed by atoms with E-state index in [1.165, 1.54) is 18.2 Å². The summed E-state index contributed by atoms with van der Waals surface area (Å²) >= 11 is 0. The monoisotopic (exact) mass is 290 g/mol. The van der Waals surface area contributed by atoms with Gasteiger partial charge in [-0.05, 0) is 47.7 Å². The van der Waals surface area contributed by atoms with E-state index in [4.69, 9.17) is 10.2 Å². The van der Waals surface area contributed by atoms with Crippen molar-refractivity contribution in [3.8, 4) is 28.4 Å². The van der Waals surface area contributed by atoms with E-state index in [2.05, 4.69) is 0 Å². The molecule has 21 heavy (non-hydrogen) atoms. The summed E-state index contributed by atoms with van der Waals surface area (Å²) < 4.78 is 0. The molecule has 5 N–H and O–H groups in total. The molecule has 0 heterocycles. The lowest BCUT2D eigenvalue weighted by Gasteiger charge is -2.14. The summed E-state index contributed by atoms with van der Waals surface area (Å²) in [5.41, 5.74) is 2.27. The Hall–Kier alpha value is -2.24. The van der Waals surface area contributed by atoms with Gasteiger partial charge in [-0.3, -0.25) is 0 Å². The van der Waals surface area contributed by atoms with E-state index < -0.39 is 0 Å². The third-order valence-electron chi connectivity index (χ3n) is 3.29. The summed E-state index contributed by atoms with van der Waals surface area (Å²) in [6, 6.07) is 7.71. The van der Waals surface area contributed by atoms with Crippen LogP contribution in [0.15, 0.2) is 30.3 Å². The Kier molecular flexibility index (Phi) is 4.67. The van der Waals surface area contributed by atoms with E-state index in [0.717, 1.165) is 0 Å². The normalized spacial score (nSPS) is 10.8. The predicted molar refractivity (Wildman–Crippen MR) is 78.5 cm³/mol. The van der Waals surface area contributed by atoms with Gasteiger partial charge >= 0.3 is 0 Å². The molecule has 0 radical (unpaired) electrons. The SMILES string of the molecule is OCCc1cc(O)cc(-c2c(CCO)ccc(O)c2O)c1. The fraction of sp³-hybridized carbons (Fsp3) is 0.250. The van der Waals surface area contributed by atoms with Gasteiger partial charge in [0.05, 0.1) is 0 Å². The smallest absolute Gasteiger partial charge is 0.165 e. The minimum Gasteiger partial charge on any atom is -0.508 e. The molecule has 0 fully saturated rings. The Labute approximate surface area is 122 Å². The number of hydrogen-bond acceptors (Lipinski definition) is 5. The zero-order chi connectivity index (χ0) is 15.4. The van der Waals surface area contributed by atoms with Crippen molar-refractivity contribution in [3.05, 3.63) is 41.5 Å². The minimum atomic E-state index is -0.290. The number of benzene rings is 2. The predicted octanol–water partition coefficient (Wildman–Crippen LogP) is 1.54. The third kappa shape index (κ3) is 3.26. The molecule has 112 valence electrons. The number of aliphatic hydroxyl groups is 2. The van der Waals surface area contributed by atoms with E-state index >= 15 is 0 Å². The van der Waals surface area contributed by atoms with Crippen molar-refractivity contribution < 1.29 is 25.5 Å². The van der Waals surface area contributed by atoms with Crippen LogP contribution in [0, 0.1) is 0 Å². The first-order valence-electron chi connectivity index (χ1n) is 6.65. The molecule has 0 aliphatic heterocycles. The molecule has 0 atom stereocenters. The summed E-state index contributed by atoms with van der Waals surface area (Å²) in [4.78, 5) is 0. The summed E-state index contributed by atoms with van der Waals surface area (Å²) in [6.45, 7) is -0.155. The van der Waals surface area contributed by atoms with Crippen molar-refractivity contribution in [3.63, 3.8) is 0 Å². The van der Waals surface area contributed by atoms with Gasteiger partial charge in [-0.2, -0.15) is 0 Å². The number of rotatable bonds is 5. The molecule has 0 saturated heterocycles. The van der Waals surface area contributed by atoms with Gasteiger partial charge < -0.3 is 25.5 Å². The summed E-state index contributed by atoms with van der Waals surface area (Å²) in [6.07, 6.45) is 0.685. The molecule has 0 aliphatic rings. The summed E-state index contributed by atoms with van der Waals surface area (Å²) in [5, 5.41) is 47.7. The first-order valence-corrected chi connectivity index (χ1v) is 6.65. The maximum Gasteiger partial charge on any atom is 0.165 e. The first-order chi connectivity index (χ1) is 10.1. The lowest BCUT2D eigenvalue weighted by Crippen LogP contribution is -1.97. The molecule has 0 unspecified atom stereocenters. The highest BCUT2D eigenvalue weighted by Crippen LogP contribution is 2.40. The summed E-state index contributed by atoms with van der Waals surface area (Å²) in [7, 11) is 0. The van der Waals surface area contributed by atoms with Crippen molar-refractivity contribution in [2.24, 2.45) is 0 Å². The molecule has 0 amide bonds. The third-order valence-corrected chi connectivity index (χ3v) is 3.29. The van der Waals surface area contributed by atoms with Crippen molar-refractivity contribution in [2.75, 3.05) is 13.2 Å². The van der Waals surface area contributed by atoms with Gasteiger partial charge in [0.1, 0.15) is 5.75 Å². The second-order valence-corrected chi connectivity index (χ2v) is 4.80. The van der Waals surface area contributed by atoms with Crippen LogP contribution in [0.5, 0.6) is 17.2 Å². The summed E-state index contributed by atoms with van der Waals surface area (Å²) in [5.74, 6) is -0.547. The molecule has 2 rings (SSSR count). The van der Waals surface area contributed by atoms with Crippen molar-refractivity contribution >= 4 is 0 Å². The molecule has 0 bridgehead atoms. The van der Waals surface area contributed by atoms with Gasteiger partial charge in [0.15, 0.2) is 11.5 Å². The van der Waals surface area contributed by atoms with Crippen LogP contribution in [0.25, 0.3) is 11.1 Å². The van der Waals surface area contributed by atoms with Crippen molar-refractivity contribution in [2.45, 2.75) is 12.8 Å². The van der Waals surface area contributed by atoms with Gasteiger partial charge in [0, 0.05) is 18.8 Å². The van der Waals surface area contributed by atoms with E-state index in [0.29, 0.717) is 35.1 Å². The van der Waals surface area contributed by atoms with Gasteiger partial charge in [-0.25, -0.2) is 0 Å². The fourth-order valence-corrected chi connectivity index (χ4v) is 2.36. The Balaban J connectivity index is 2.62. The highest BCUT2D eigenvalue weighted by molar-refractivity contribution is 5.78. The Bertz CT molecular complexity index is 637. The number of aromatic hydroxyl groups is 3. The fourth-order valence-electron chi connectivity index (χ4n) is 2.36. The first kappa shape index (κ1) is 15.2. The average molecular weight is 290 g/mol. The standard InChI is InChI=1S/C16H18O5/c17-5-3-10-7-12(9-13(19)8-10)15-11(4-6-18)1-2-14(20)16(15)21/h1-2,7-9,17-21H,3-6H2. The van der Waals surface area contributed by atoms with Gasteiger partial charge in [-0.1, -0.05) is 12.1 Å². The van der Waals surface area contributed by atoms with Crippen molar-refractivity contribution in [1.82, 2.24) is 0 Å². The van der Waals surface area contributed by atoms with Crippen LogP contribution in [0.2, 0.25) is 0 Å². The lowest BCUT2D eigenvalue weighted by molar-refractivity contribution is 0.299. The molecular weight excluding hydrogens is 272 g/mol. The molecule has 2 aromatic rings. The van der Waals surface area contributed by atoms with Crippen LogP contribution < -0.4 is 0 Å². The number of hydrogen-bond donors (Lipinski definition) is 5. The Morgan fingerprint density at radius 2 is 1.52 bits per heavy atom. The zero-order valence-corrected chi connectivity index (χ0v) is 11.5. The molecule has 5 heteroatoms. The number of phenolic OH excluding ortho intramolecular Hbond substituents is 3. The Morgan fingerprint density at radius 3 is 2.19 bits per heavy atom. The quantitative estimate of drug-likeness (QED) is 0.538. The van der Waals surface area contributed by atoms with Gasteiger partial charge in [0.25, 0.3) is 0 Å². The zero-order valence-electron chi connectivity index (χ0n) is 11.5. The average Bonchev–Trinajstić information content (AvgIpc) is 2.43. The van der Waals surface area contributed by atoms with E-state index in [-0.39, 0.29) is 30.5 Å². The second kappa shape index (κ2) is 6.47. The highest BCUT2D eigenvalue weighted by atomic mass is 16.3. The molecule has 0 aromatic heterocycles. The van der Waals surface area contributed by atoms with Crippen LogP contribution in [0.3, 0.4) is 0 Å². The van der Waals surface area contributed by atoms with Crippen LogP contribution in [0.4, 0.5) is 0 Å². The molecule has 2 aromatic carbocycles. The van der Waals surface area contributed by atoms with Crippen LogP contribution in [-0.2, 0) is 12.8 Å². The van der Waals surface area contributed by atoms with Crippen LogP contribution in [0.1, 0.15) is 11.1 Å². The molecule has 0 aliphatic carbocycles.